The Hall–Kier alpha value is -1.88. The fourth-order valence-electron chi connectivity index (χ4n) is 3.38. The average molecular weight is 332 g/mol. The van der Waals surface area contributed by atoms with Gasteiger partial charge in [0.25, 0.3) is 0 Å². The van der Waals surface area contributed by atoms with Crippen LogP contribution in [-0.4, -0.2) is 41.0 Å². The lowest BCUT2D eigenvalue weighted by atomic mass is 9.82. The van der Waals surface area contributed by atoms with E-state index in [0.717, 1.165) is 25.9 Å². The van der Waals surface area contributed by atoms with Gasteiger partial charge in [-0.3, -0.25) is 14.5 Å². The summed E-state index contributed by atoms with van der Waals surface area (Å²) >= 11 is 0. The normalized spacial score (nSPS) is 18.5. The molecular weight excluding hydrogens is 304 g/mol. The molecule has 5 heteroatoms. The van der Waals surface area contributed by atoms with Crippen molar-refractivity contribution in [2.75, 3.05) is 13.1 Å². The van der Waals surface area contributed by atoms with Crippen LogP contribution in [0.25, 0.3) is 0 Å². The Kier molecular flexibility index (Phi) is 6.37. The summed E-state index contributed by atoms with van der Waals surface area (Å²) in [6.45, 7) is 5.58. The Labute approximate surface area is 144 Å². The molecule has 0 aromatic heterocycles. The van der Waals surface area contributed by atoms with Crippen molar-refractivity contribution in [1.82, 2.24) is 10.2 Å². The van der Waals surface area contributed by atoms with Crippen LogP contribution in [0.5, 0.6) is 0 Å². The Morgan fingerprint density at radius 2 is 1.92 bits per heavy atom. The summed E-state index contributed by atoms with van der Waals surface area (Å²) in [5.74, 6) is -0.878. The number of aliphatic carboxylic acids is 1. The Balaban J connectivity index is 1.97. The van der Waals surface area contributed by atoms with Gasteiger partial charge in [-0.2, -0.15) is 0 Å². The summed E-state index contributed by atoms with van der Waals surface area (Å²) in [5.41, 5.74) is 0.331. The zero-order valence-electron chi connectivity index (χ0n) is 14.6. The lowest BCUT2D eigenvalue weighted by molar-refractivity contribution is -0.149. The molecule has 1 aliphatic rings. The molecule has 24 heavy (non-hydrogen) atoms. The van der Waals surface area contributed by atoms with Gasteiger partial charge in [0.1, 0.15) is 0 Å². The van der Waals surface area contributed by atoms with Crippen LogP contribution in [0.4, 0.5) is 0 Å². The minimum atomic E-state index is -0.863. The predicted octanol–water partition coefficient (Wildman–Crippen LogP) is 2.66. The topological polar surface area (TPSA) is 69.6 Å². The van der Waals surface area contributed by atoms with Crippen molar-refractivity contribution in [3.05, 3.63) is 35.9 Å². The van der Waals surface area contributed by atoms with Gasteiger partial charge in [0.15, 0.2) is 0 Å². The van der Waals surface area contributed by atoms with E-state index in [2.05, 4.69) is 22.3 Å². The van der Waals surface area contributed by atoms with Crippen LogP contribution in [0, 0.1) is 5.41 Å². The maximum atomic E-state index is 12.6. The maximum absolute atomic E-state index is 12.6. The quantitative estimate of drug-likeness (QED) is 0.768. The predicted molar refractivity (Wildman–Crippen MR) is 93.5 cm³/mol. The van der Waals surface area contributed by atoms with Gasteiger partial charge in [0.05, 0.1) is 11.5 Å². The summed E-state index contributed by atoms with van der Waals surface area (Å²) < 4.78 is 0. The fourth-order valence-corrected chi connectivity index (χ4v) is 3.38. The highest BCUT2D eigenvalue weighted by atomic mass is 16.4. The molecule has 0 aliphatic carbocycles. The van der Waals surface area contributed by atoms with Gasteiger partial charge >= 0.3 is 5.97 Å². The number of rotatable bonds is 8. The van der Waals surface area contributed by atoms with Gasteiger partial charge in [0.2, 0.25) is 5.91 Å². The molecule has 1 amide bonds. The third kappa shape index (κ3) is 4.15. The highest BCUT2D eigenvalue weighted by Gasteiger charge is 2.37. The van der Waals surface area contributed by atoms with E-state index >= 15 is 0 Å². The number of carboxylic acids is 1. The van der Waals surface area contributed by atoms with Crippen LogP contribution < -0.4 is 5.32 Å². The Morgan fingerprint density at radius 3 is 2.50 bits per heavy atom. The van der Waals surface area contributed by atoms with E-state index in [1.54, 1.807) is 0 Å². The lowest BCUT2D eigenvalue weighted by Gasteiger charge is -2.29. The number of nitrogens with zero attached hydrogens (tertiary/aromatic N) is 1. The monoisotopic (exact) mass is 332 g/mol. The average Bonchev–Trinajstić information content (AvgIpc) is 3.05. The third-order valence-corrected chi connectivity index (χ3v) is 5.30. The number of likely N-dealkylation sites (tertiary alicyclic amines) is 1. The van der Waals surface area contributed by atoms with E-state index in [-0.39, 0.29) is 18.5 Å². The molecule has 0 bridgehead atoms. The van der Waals surface area contributed by atoms with Gasteiger partial charge in [-0.25, -0.2) is 0 Å². The molecular formula is C19H28N2O3. The zero-order valence-corrected chi connectivity index (χ0v) is 14.6. The summed E-state index contributed by atoms with van der Waals surface area (Å²) in [6.07, 6.45) is 2.85. The first-order valence-corrected chi connectivity index (χ1v) is 8.81. The van der Waals surface area contributed by atoms with Crippen LogP contribution in [-0.2, 0) is 16.1 Å². The molecule has 1 atom stereocenters. The van der Waals surface area contributed by atoms with E-state index < -0.39 is 11.4 Å². The highest BCUT2D eigenvalue weighted by Crippen LogP contribution is 2.26. The Bertz CT molecular complexity index is 555. The molecule has 132 valence electrons. The van der Waals surface area contributed by atoms with Crippen LogP contribution in [0.2, 0.25) is 0 Å². The summed E-state index contributed by atoms with van der Waals surface area (Å²) in [4.78, 5) is 26.3. The number of benzene rings is 1. The number of nitrogens with one attached hydrogen (secondary N) is 1. The van der Waals surface area contributed by atoms with Crippen molar-refractivity contribution in [3.8, 4) is 0 Å². The first-order chi connectivity index (χ1) is 11.5. The molecule has 1 fully saturated rings. The highest BCUT2D eigenvalue weighted by molar-refractivity contribution is 5.83. The van der Waals surface area contributed by atoms with Crippen molar-refractivity contribution in [2.45, 2.75) is 52.1 Å². The molecule has 5 nitrogen and oxygen atoms in total. The fraction of sp³-hybridized carbons (Fsp3) is 0.579. The van der Waals surface area contributed by atoms with Crippen molar-refractivity contribution in [1.29, 1.82) is 0 Å². The van der Waals surface area contributed by atoms with E-state index in [1.807, 2.05) is 32.0 Å². The number of carbonyl (C=O) groups excluding carboxylic acids is 1. The van der Waals surface area contributed by atoms with E-state index in [4.69, 9.17) is 0 Å². The van der Waals surface area contributed by atoms with Crippen LogP contribution in [0.3, 0.4) is 0 Å². The third-order valence-electron chi connectivity index (χ3n) is 5.30. The molecule has 2 rings (SSSR count). The maximum Gasteiger partial charge on any atom is 0.311 e. The van der Waals surface area contributed by atoms with E-state index in [1.165, 1.54) is 5.56 Å². The number of hydrogen-bond acceptors (Lipinski definition) is 3. The Morgan fingerprint density at radius 1 is 1.25 bits per heavy atom. The number of carboxylic acid groups (broad SMARTS) is 1. The summed E-state index contributed by atoms with van der Waals surface area (Å²) in [6, 6.07) is 9.96. The molecule has 0 spiro atoms. The minimum Gasteiger partial charge on any atom is -0.481 e. The molecule has 0 saturated carbocycles. The molecule has 1 aliphatic heterocycles. The van der Waals surface area contributed by atoms with Gasteiger partial charge in [-0.15, -0.1) is 0 Å². The SMILES string of the molecule is CCC(CC)(CNC(=O)C1CCCN1Cc1ccccc1)C(=O)O. The smallest absolute Gasteiger partial charge is 0.311 e. The standard InChI is InChI=1S/C19H28N2O3/c1-3-19(4-2,18(23)24)14-20-17(22)16-11-8-12-21(16)13-15-9-6-5-7-10-15/h5-7,9-10,16H,3-4,8,11-14H2,1-2H3,(H,20,22)(H,23,24). The van der Waals surface area contributed by atoms with Crippen LogP contribution >= 0.6 is 0 Å². The summed E-state index contributed by atoms with van der Waals surface area (Å²) in [7, 11) is 0. The van der Waals surface area contributed by atoms with Crippen molar-refractivity contribution in [2.24, 2.45) is 5.41 Å². The second-order valence-electron chi connectivity index (χ2n) is 6.62. The van der Waals surface area contributed by atoms with E-state index in [0.29, 0.717) is 12.8 Å². The lowest BCUT2D eigenvalue weighted by Crippen LogP contribution is -2.48. The van der Waals surface area contributed by atoms with E-state index in [9.17, 15) is 14.7 Å². The van der Waals surface area contributed by atoms with Gasteiger partial charge in [-0.1, -0.05) is 44.2 Å². The largest absolute Gasteiger partial charge is 0.481 e. The minimum absolute atomic E-state index is 0.0454. The number of hydrogen-bond donors (Lipinski definition) is 2. The zero-order chi connectivity index (χ0) is 17.6. The van der Waals surface area contributed by atoms with Crippen LogP contribution in [0.1, 0.15) is 45.1 Å². The number of carbonyl (C=O) groups is 2. The first kappa shape index (κ1) is 18.5. The molecule has 2 N–H and O–H groups in total. The molecule has 0 radical (unpaired) electrons. The molecule has 1 aromatic carbocycles. The molecule has 1 heterocycles. The number of amides is 1. The van der Waals surface area contributed by atoms with Crippen molar-refractivity contribution in [3.63, 3.8) is 0 Å². The van der Waals surface area contributed by atoms with Crippen molar-refractivity contribution < 1.29 is 14.7 Å². The van der Waals surface area contributed by atoms with Gasteiger partial charge < -0.3 is 10.4 Å². The van der Waals surface area contributed by atoms with Gasteiger partial charge in [-0.05, 0) is 37.8 Å². The summed E-state index contributed by atoms with van der Waals surface area (Å²) in [5, 5.41) is 12.4. The molecule has 1 aromatic rings. The van der Waals surface area contributed by atoms with Gasteiger partial charge in [0, 0.05) is 13.1 Å². The molecule has 1 saturated heterocycles. The van der Waals surface area contributed by atoms with Crippen molar-refractivity contribution >= 4 is 11.9 Å². The first-order valence-electron chi connectivity index (χ1n) is 8.81. The second-order valence-corrected chi connectivity index (χ2v) is 6.62. The second kappa shape index (κ2) is 8.29. The van der Waals surface area contributed by atoms with Crippen LogP contribution in [0.15, 0.2) is 30.3 Å². The molecule has 1 unspecified atom stereocenters.